The number of aryl methyl sites for hydroxylation is 2. The summed E-state index contributed by atoms with van der Waals surface area (Å²) in [5, 5.41) is 6.22. The van der Waals surface area contributed by atoms with Gasteiger partial charge in [0.25, 0.3) is 0 Å². The van der Waals surface area contributed by atoms with Gasteiger partial charge in [-0.25, -0.2) is 0 Å². The fourth-order valence-corrected chi connectivity index (χ4v) is 4.45. The molecule has 0 bridgehead atoms. The highest BCUT2D eigenvalue weighted by atomic mass is 16.5. The normalized spacial score (nSPS) is 17.5. The first-order valence-corrected chi connectivity index (χ1v) is 9.15. The van der Waals surface area contributed by atoms with E-state index in [0.717, 1.165) is 24.5 Å². The van der Waals surface area contributed by atoms with Gasteiger partial charge in [0.2, 0.25) is 0 Å². The van der Waals surface area contributed by atoms with E-state index >= 15 is 0 Å². The number of anilines is 1. The Bertz CT molecular complexity index is 984. The van der Waals surface area contributed by atoms with Crippen molar-refractivity contribution in [1.82, 2.24) is 0 Å². The molecule has 5 rings (SSSR count). The van der Waals surface area contributed by atoms with Crippen molar-refractivity contribution >= 4 is 17.3 Å². The van der Waals surface area contributed by atoms with Gasteiger partial charge in [-0.15, -0.1) is 0 Å². The molecular weight excluding hydrogens is 294 g/mol. The third-order valence-electron chi connectivity index (χ3n) is 5.82. The van der Waals surface area contributed by atoms with E-state index < -0.39 is 0 Å². The van der Waals surface area contributed by atoms with Gasteiger partial charge in [-0.2, -0.15) is 0 Å². The Labute approximate surface area is 142 Å². The summed E-state index contributed by atoms with van der Waals surface area (Å²) in [6.07, 6.45) is 8.40. The van der Waals surface area contributed by atoms with Crippen LogP contribution in [-0.4, -0.2) is 6.54 Å². The van der Waals surface area contributed by atoms with Crippen LogP contribution < -0.4 is 20.5 Å². The molecule has 0 atom stereocenters. The van der Waals surface area contributed by atoms with Gasteiger partial charge in [0.1, 0.15) is 11.5 Å². The lowest BCUT2D eigenvalue weighted by Gasteiger charge is -2.26. The van der Waals surface area contributed by atoms with E-state index in [1.165, 1.54) is 69.6 Å². The van der Waals surface area contributed by atoms with Crippen molar-refractivity contribution in [1.29, 1.82) is 0 Å². The van der Waals surface area contributed by atoms with E-state index in [-0.39, 0.29) is 0 Å². The second-order valence-electron chi connectivity index (χ2n) is 7.31. The molecule has 24 heavy (non-hydrogen) atoms. The van der Waals surface area contributed by atoms with Crippen LogP contribution in [0, 0.1) is 6.92 Å². The molecule has 3 aliphatic rings. The van der Waals surface area contributed by atoms with E-state index in [2.05, 4.69) is 43.4 Å². The lowest BCUT2D eigenvalue weighted by molar-refractivity contribution is 0.466. The summed E-state index contributed by atoms with van der Waals surface area (Å²) in [5.41, 5.74) is 8.09. The first-order chi connectivity index (χ1) is 11.7. The zero-order valence-electron chi connectivity index (χ0n) is 14.5. The van der Waals surface area contributed by atoms with Crippen LogP contribution in [0.4, 0.5) is 5.69 Å². The van der Waals surface area contributed by atoms with Crippen LogP contribution >= 0.6 is 0 Å². The number of ether oxygens (including phenoxy) is 1. The monoisotopic (exact) mass is 317 g/mol. The largest absolute Gasteiger partial charge is 0.456 e. The number of benzene rings is 2. The van der Waals surface area contributed by atoms with Gasteiger partial charge in [0.05, 0.1) is 0 Å². The van der Waals surface area contributed by atoms with Crippen LogP contribution in [0.2, 0.25) is 0 Å². The molecule has 2 heteroatoms. The van der Waals surface area contributed by atoms with Crippen LogP contribution in [0.3, 0.4) is 0 Å². The van der Waals surface area contributed by atoms with Crippen molar-refractivity contribution in [3.05, 3.63) is 50.9 Å². The predicted molar refractivity (Wildman–Crippen MR) is 99.3 cm³/mol. The molecule has 0 fully saturated rings. The fraction of sp³-hybridized carbons (Fsp3) is 0.364. The molecule has 0 amide bonds. The molecule has 2 aliphatic heterocycles. The van der Waals surface area contributed by atoms with Gasteiger partial charge in [0.15, 0.2) is 0 Å². The first-order valence-electron chi connectivity index (χ1n) is 9.15. The fourth-order valence-electron chi connectivity index (χ4n) is 4.45. The minimum absolute atomic E-state index is 1.01. The van der Waals surface area contributed by atoms with Gasteiger partial charge >= 0.3 is 0 Å². The summed E-state index contributed by atoms with van der Waals surface area (Å²) in [6, 6.07) is 6.93. The molecular formula is C22H23NO. The molecule has 0 radical (unpaired) electrons. The SMILES string of the molecule is CC1=c2cc3c(c(C)c2Oc2cc4c(cc21)CCCN4)=CCCC3. The molecule has 122 valence electrons. The maximum Gasteiger partial charge on any atom is 0.138 e. The van der Waals surface area contributed by atoms with Gasteiger partial charge in [-0.3, -0.25) is 0 Å². The van der Waals surface area contributed by atoms with E-state index in [0.29, 0.717) is 0 Å². The molecule has 1 aliphatic carbocycles. The second-order valence-corrected chi connectivity index (χ2v) is 7.31. The lowest BCUT2D eigenvalue weighted by atomic mass is 9.90. The van der Waals surface area contributed by atoms with Crippen LogP contribution in [0.5, 0.6) is 11.5 Å². The van der Waals surface area contributed by atoms with E-state index in [4.69, 9.17) is 4.74 Å². The predicted octanol–water partition coefficient (Wildman–Crippen LogP) is 3.79. The quantitative estimate of drug-likeness (QED) is 0.798. The zero-order chi connectivity index (χ0) is 16.3. The van der Waals surface area contributed by atoms with Crippen molar-refractivity contribution in [3.8, 4) is 11.5 Å². The highest BCUT2D eigenvalue weighted by Gasteiger charge is 2.22. The summed E-state index contributed by atoms with van der Waals surface area (Å²) in [4.78, 5) is 0. The third-order valence-corrected chi connectivity index (χ3v) is 5.82. The van der Waals surface area contributed by atoms with Crippen LogP contribution in [0.25, 0.3) is 11.6 Å². The van der Waals surface area contributed by atoms with Gasteiger partial charge in [-0.1, -0.05) is 6.08 Å². The van der Waals surface area contributed by atoms with Gasteiger partial charge < -0.3 is 10.1 Å². The average Bonchev–Trinajstić information content (AvgIpc) is 2.62. The summed E-state index contributed by atoms with van der Waals surface area (Å²) < 4.78 is 6.43. The van der Waals surface area contributed by atoms with E-state index in [1.807, 2.05) is 0 Å². The smallest absolute Gasteiger partial charge is 0.138 e. The van der Waals surface area contributed by atoms with Gasteiger partial charge in [0, 0.05) is 29.1 Å². The number of nitrogens with one attached hydrogen (secondary N) is 1. The molecule has 2 nitrogen and oxygen atoms in total. The number of hydrogen-bond donors (Lipinski definition) is 1. The Morgan fingerprint density at radius 1 is 1.00 bits per heavy atom. The minimum atomic E-state index is 1.01. The summed E-state index contributed by atoms with van der Waals surface area (Å²) >= 11 is 0. The lowest BCUT2D eigenvalue weighted by Crippen LogP contribution is -2.27. The molecule has 2 aromatic carbocycles. The van der Waals surface area contributed by atoms with E-state index in [9.17, 15) is 0 Å². The van der Waals surface area contributed by atoms with Crippen molar-refractivity contribution in [2.24, 2.45) is 0 Å². The Hall–Kier alpha value is -2.22. The maximum absolute atomic E-state index is 6.43. The van der Waals surface area contributed by atoms with Crippen molar-refractivity contribution in [3.63, 3.8) is 0 Å². The molecule has 0 aromatic heterocycles. The molecule has 2 aromatic rings. The van der Waals surface area contributed by atoms with Crippen LogP contribution in [0.15, 0.2) is 18.2 Å². The molecule has 0 saturated carbocycles. The topological polar surface area (TPSA) is 21.3 Å². The number of fused-ring (bicyclic) bond motifs is 4. The zero-order valence-corrected chi connectivity index (χ0v) is 14.5. The van der Waals surface area contributed by atoms with Crippen LogP contribution in [0.1, 0.15) is 48.4 Å². The standard InChI is InChI=1S/C22H23NO/c1-13-18-11-16-7-5-9-23-20(16)12-21(18)24-22-14(2)17-8-4-3-6-15(17)10-19(13)22/h8,10-12,23H,3-7,9H2,1-2H3. The number of rotatable bonds is 0. The molecule has 2 heterocycles. The minimum Gasteiger partial charge on any atom is -0.456 e. The van der Waals surface area contributed by atoms with Gasteiger partial charge in [-0.05, 0) is 85.6 Å². The molecule has 0 saturated heterocycles. The average molecular weight is 317 g/mol. The van der Waals surface area contributed by atoms with Crippen molar-refractivity contribution in [2.45, 2.75) is 46.0 Å². The first kappa shape index (κ1) is 14.2. The Balaban J connectivity index is 1.80. The molecule has 1 N–H and O–H groups in total. The Kier molecular flexibility index (Phi) is 3.03. The molecule has 0 spiro atoms. The second kappa shape index (κ2) is 5.14. The summed E-state index contributed by atoms with van der Waals surface area (Å²) in [7, 11) is 0. The molecule has 0 unspecified atom stereocenters. The third kappa shape index (κ3) is 1.95. The van der Waals surface area contributed by atoms with E-state index in [1.54, 1.807) is 0 Å². The van der Waals surface area contributed by atoms with Crippen molar-refractivity contribution < 1.29 is 4.74 Å². The highest BCUT2D eigenvalue weighted by molar-refractivity contribution is 5.78. The Morgan fingerprint density at radius 2 is 1.88 bits per heavy atom. The maximum atomic E-state index is 6.43. The summed E-state index contributed by atoms with van der Waals surface area (Å²) in [5.74, 6) is 2.07. The Morgan fingerprint density at radius 3 is 2.79 bits per heavy atom. The summed E-state index contributed by atoms with van der Waals surface area (Å²) in [6.45, 7) is 5.53. The highest BCUT2D eigenvalue weighted by Crippen LogP contribution is 2.38. The van der Waals surface area contributed by atoms with Crippen molar-refractivity contribution in [2.75, 3.05) is 11.9 Å². The van der Waals surface area contributed by atoms with Crippen LogP contribution in [-0.2, 0) is 12.8 Å². The number of hydrogen-bond acceptors (Lipinski definition) is 2.